The van der Waals surface area contributed by atoms with Crippen LogP contribution in [-0.4, -0.2) is 51.0 Å². The molecule has 1 N–H and O–H groups in total. The zero-order valence-corrected chi connectivity index (χ0v) is 20.3. The topological polar surface area (TPSA) is 65.5 Å². The van der Waals surface area contributed by atoms with E-state index in [1.165, 1.54) is 5.69 Å². The van der Waals surface area contributed by atoms with Crippen molar-refractivity contribution in [2.75, 3.05) is 37.6 Å². The molecule has 174 valence electrons. The quantitative estimate of drug-likeness (QED) is 0.575. The lowest BCUT2D eigenvalue weighted by atomic mass is 10.1. The Kier molecular flexibility index (Phi) is 7.12. The molecule has 0 aliphatic carbocycles. The van der Waals surface area contributed by atoms with Gasteiger partial charge < -0.3 is 4.90 Å². The molecule has 2 heterocycles. The van der Waals surface area contributed by atoms with Gasteiger partial charge in [0.05, 0.1) is 10.9 Å². The molecule has 0 radical (unpaired) electrons. The highest BCUT2D eigenvalue weighted by Crippen LogP contribution is 2.26. The lowest BCUT2D eigenvalue weighted by Crippen LogP contribution is -2.50. The van der Waals surface area contributed by atoms with Gasteiger partial charge in [0.2, 0.25) is 10.0 Å². The predicted octanol–water partition coefficient (Wildman–Crippen LogP) is 3.85. The second-order valence-electron chi connectivity index (χ2n) is 8.74. The number of sulfonamides is 1. The minimum atomic E-state index is -3.64. The summed E-state index contributed by atoms with van der Waals surface area (Å²) < 4.78 is 29.5. The lowest BCUT2D eigenvalue weighted by molar-refractivity contribution is 0.186. The van der Waals surface area contributed by atoms with E-state index < -0.39 is 10.0 Å². The molecular weight excluding hydrogens is 432 g/mol. The lowest BCUT2D eigenvalue weighted by Gasteiger charge is -2.40. The van der Waals surface area contributed by atoms with E-state index in [0.717, 1.165) is 48.4 Å². The van der Waals surface area contributed by atoms with Crippen molar-refractivity contribution in [3.63, 3.8) is 0 Å². The van der Waals surface area contributed by atoms with Crippen molar-refractivity contribution in [2.45, 2.75) is 31.7 Å². The molecule has 2 aromatic carbocycles. The number of hydrogen-bond donors (Lipinski definition) is 1. The number of nitrogens with one attached hydrogen (secondary N) is 1. The van der Waals surface area contributed by atoms with Crippen LogP contribution in [0.15, 0.2) is 71.9 Å². The third-order valence-corrected chi connectivity index (χ3v) is 8.01. The van der Waals surface area contributed by atoms with Gasteiger partial charge in [0.15, 0.2) is 0 Å². The molecule has 0 spiro atoms. The fourth-order valence-corrected chi connectivity index (χ4v) is 6.30. The van der Waals surface area contributed by atoms with Crippen LogP contribution >= 0.6 is 0 Å². The first kappa shape index (κ1) is 23.4. The third kappa shape index (κ3) is 5.43. The number of pyridine rings is 1. The number of rotatable bonds is 7. The van der Waals surface area contributed by atoms with Crippen LogP contribution in [0.4, 0.5) is 5.69 Å². The number of nitrogens with zero attached hydrogens (tertiary/aromatic N) is 3. The van der Waals surface area contributed by atoms with E-state index >= 15 is 0 Å². The van der Waals surface area contributed by atoms with Gasteiger partial charge in [-0.25, -0.2) is 13.1 Å². The molecule has 0 bridgehead atoms. The molecule has 1 fully saturated rings. The Morgan fingerprint density at radius 1 is 0.939 bits per heavy atom. The van der Waals surface area contributed by atoms with Crippen LogP contribution in [0.1, 0.15) is 28.3 Å². The van der Waals surface area contributed by atoms with Gasteiger partial charge in [-0.15, -0.1) is 0 Å². The van der Waals surface area contributed by atoms with Crippen molar-refractivity contribution in [2.24, 2.45) is 0 Å². The molecule has 0 amide bonds. The maximum Gasteiger partial charge on any atom is 0.241 e. The van der Waals surface area contributed by atoms with Gasteiger partial charge >= 0.3 is 0 Å². The largest absolute Gasteiger partial charge is 0.369 e. The number of benzene rings is 2. The minimum Gasteiger partial charge on any atom is -0.369 e. The van der Waals surface area contributed by atoms with E-state index in [-0.39, 0.29) is 6.04 Å². The van der Waals surface area contributed by atoms with Crippen LogP contribution in [0.3, 0.4) is 0 Å². The summed E-state index contributed by atoms with van der Waals surface area (Å²) >= 11 is 0. The number of piperazine rings is 1. The smallest absolute Gasteiger partial charge is 0.241 e. The number of anilines is 1. The van der Waals surface area contributed by atoms with Crippen molar-refractivity contribution < 1.29 is 8.42 Å². The van der Waals surface area contributed by atoms with E-state index in [9.17, 15) is 8.42 Å². The molecule has 4 rings (SSSR count). The summed E-state index contributed by atoms with van der Waals surface area (Å²) in [4.78, 5) is 9.40. The summed E-state index contributed by atoms with van der Waals surface area (Å²) in [6, 6.07) is 18.1. The van der Waals surface area contributed by atoms with Gasteiger partial charge in [0.25, 0.3) is 0 Å². The van der Waals surface area contributed by atoms with E-state index in [4.69, 9.17) is 0 Å². The second kappa shape index (κ2) is 10.0. The summed E-state index contributed by atoms with van der Waals surface area (Å²) in [6.45, 7) is 9.47. The van der Waals surface area contributed by atoms with Crippen LogP contribution in [0.25, 0.3) is 0 Å². The number of para-hydroxylation sites is 1. The van der Waals surface area contributed by atoms with E-state index in [2.05, 4.69) is 43.8 Å². The maximum atomic E-state index is 13.3. The first-order valence-electron chi connectivity index (χ1n) is 11.4. The monoisotopic (exact) mass is 464 g/mol. The molecule has 1 aromatic heterocycles. The van der Waals surface area contributed by atoms with Crippen LogP contribution in [-0.2, 0) is 10.0 Å². The first-order chi connectivity index (χ1) is 15.8. The van der Waals surface area contributed by atoms with Crippen molar-refractivity contribution in [1.29, 1.82) is 0 Å². The van der Waals surface area contributed by atoms with Gasteiger partial charge in [-0.1, -0.05) is 42.0 Å². The molecule has 1 aliphatic rings. The van der Waals surface area contributed by atoms with Crippen molar-refractivity contribution in [1.82, 2.24) is 14.6 Å². The van der Waals surface area contributed by atoms with E-state index in [1.807, 2.05) is 57.3 Å². The highest BCUT2D eigenvalue weighted by Gasteiger charge is 2.28. The van der Waals surface area contributed by atoms with Crippen LogP contribution in [0.5, 0.6) is 0 Å². The zero-order chi connectivity index (χ0) is 23.4. The summed E-state index contributed by atoms with van der Waals surface area (Å²) in [7, 11) is -3.64. The molecule has 0 saturated carbocycles. The fourth-order valence-electron chi connectivity index (χ4n) is 4.81. The molecular formula is C26H32N4O2S. The van der Waals surface area contributed by atoms with Crippen molar-refractivity contribution in [3.05, 3.63) is 89.2 Å². The molecule has 33 heavy (non-hydrogen) atoms. The predicted molar refractivity (Wildman–Crippen MR) is 133 cm³/mol. The molecule has 7 heteroatoms. The summed E-state index contributed by atoms with van der Waals surface area (Å²) in [5, 5.41) is 0. The summed E-state index contributed by atoms with van der Waals surface area (Å²) in [5.41, 5.74) is 4.85. The number of aryl methyl sites for hydroxylation is 3. The molecule has 1 aliphatic heterocycles. The standard InChI is InChI=1S/C26H32N4O2S/c1-20-16-21(2)26(22(3)17-20)33(31,32)28-19-25(23-8-7-11-27-18-23)30-14-12-29(13-15-30)24-9-5-4-6-10-24/h4-11,16-18,25,28H,12-15,19H2,1-3H3. The second-order valence-corrected chi connectivity index (χ2v) is 10.4. The Labute approximate surface area is 197 Å². The summed E-state index contributed by atoms with van der Waals surface area (Å²) in [5.74, 6) is 0. The molecule has 3 aromatic rings. The zero-order valence-electron chi connectivity index (χ0n) is 19.5. The normalized spacial score (nSPS) is 16.0. The number of hydrogen-bond acceptors (Lipinski definition) is 5. The van der Waals surface area contributed by atoms with Gasteiger partial charge in [0, 0.05) is 50.8 Å². The van der Waals surface area contributed by atoms with Crippen molar-refractivity contribution in [3.8, 4) is 0 Å². The van der Waals surface area contributed by atoms with Gasteiger partial charge in [-0.2, -0.15) is 0 Å². The van der Waals surface area contributed by atoms with Crippen molar-refractivity contribution >= 4 is 15.7 Å². The average molecular weight is 465 g/mol. The maximum absolute atomic E-state index is 13.3. The Morgan fingerprint density at radius 3 is 2.21 bits per heavy atom. The Balaban J connectivity index is 1.52. The van der Waals surface area contributed by atoms with Crippen LogP contribution < -0.4 is 9.62 Å². The SMILES string of the molecule is Cc1cc(C)c(S(=O)(=O)NCC(c2cccnc2)N2CCN(c3ccccc3)CC2)c(C)c1. The molecule has 1 saturated heterocycles. The van der Waals surface area contributed by atoms with Gasteiger partial charge in [-0.3, -0.25) is 9.88 Å². The highest BCUT2D eigenvalue weighted by atomic mass is 32.2. The Morgan fingerprint density at radius 2 is 1.61 bits per heavy atom. The fraction of sp³-hybridized carbons (Fsp3) is 0.346. The van der Waals surface area contributed by atoms with E-state index in [1.54, 1.807) is 6.20 Å². The van der Waals surface area contributed by atoms with E-state index in [0.29, 0.717) is 11.4 Å². The first-order valence-corrected chi connectivity index (χ1v) is 12.8. The van der Waals surface area contributed by atoms with Crippen LogP contribution in [0, 0.1) is 20.8 Å². The number of aromatic nitrogens is 1. The van der Waals surface area contributed by atoms with Crippen LogP contribution in [0.2, 0.25) is 0 Å². The van der Waals surface area contributed by atoms with Gasteiger partial charge in [-0.05, 0) is 55.7 Å². The highest BCUT2D eigenvalue weighted by molar-refractivity contribution is 7.89. The average Bonchev–Trinajstić information content (AvgIpc) is 2.80. The molecule has 1 unspecified atom stereocenters. The van der Waals surface area contributed by atoms with Gasteiger partial charge in [0.1, 0.15) is 0 Å². The third-order valence-electron chi connectivity index (χ3n) is 6.29. The Bertz CT molecular complexity index is 1150. The minimum absolute atomic E-state index is 0.0857. The molecule has 6 nitrogen and oxygen atoms in total. The molecule has 1 atom stereocenters. The Hall–Kier alpha value is -2.74. The summed E-state index contributed by atoms with van der Waals surface area (Å²) in [6.07, 6.45) is 3.59.